The minimum Gasteiger partial charge on any atom is -0.495 e. The molecule has 2 aromatic carbocycles. The van der Waals surface area contributed by atoms with Crippen molar-refractivity contribution < 1.29 is 33.4 Å². The Hall–Kier alpha value is -3.88. The van der Waals surface area contributed by atoms with Crippen LogP contribution in [-0.4, -0.2) is 44.1 Å². The summed E-state index contributed by atoms with van der Waals surface area (Å²) >= 11 is 0. The second-order valence-electron chi connectivity index (χ2n) is 7.53. The lowest BCUT2D eigenvalue weighted by Gasteiger charge is -2.10. The Morgan fingerprint density at radius 1 is 0.848 bits per heavy atom. The fourth-order valence-electron chi connectivity index (χ4n) is 2.61. The number of anilines is 2. The van der Waals surface area contributed by atoms with E-state index in [1.165, 1.54) is 19.2 Å². The Morgan fingerprint density at radius 3 is 2.21 bits per heavy atom. The van der Waals surface area contributed by atoms with Crippen molar-refractivity contribution in [3.63, 3.8) is 0 Å². The predicted octanol–water partition coefficient (Wildman–Crippen LogP) is 3.41. The van der Waals surface area contributed by atoms with Crippen molar-refractivity contribution in [2.75, 3.05) is 31.0 Å². The third-order valence-corrected chi connectivity index (χ3v) is 4.25. The van der Waals surface area contributed by atoms with Crippen LogP contribution in [0.25, 0.3) is 0 Å². The van der Waals surface area contributed by atoms with Crippen molar-refractivity contribution in [3.05, 3.63) is 54.1 Å². The van der Waals surface area contributed by atoms with Gasteiger partial charge in [-0.05, 0) is 42.3 Å². The van der Waals surface area contributed by atoms with Gasteiger partial charge in [0.1, 0.15) is 5.75 Å². The standard InChI is InChI=1S/C24H28N2O7/c1-16(2)14-33-24(30)17-8-10-18(11-9-17)25-22(28)15-32-23(29)13-12-21(27)26-19-6-4-5-7-20(19)31-3/h4-11,16H,12-15H2,1-3H3,(H,25,28)(H,26,27). The molecule has 9 nitrogen and oxygen atoms in total. The average Bonchev–Trinajstić information content (AvgIpc) is 2.80. The fraction of sp³-hybridized carbons (Fsp3) is 0.333. The lowest BCUT2D eigenvalue weighted by atomic mass is 10.2. The van der Waals surface area contributed by atoms with Gasteiger partial charge >= 0.3 is 11.9 Å². The van der Waals surface area contributed by atoms with E-state index in [0.717, 1.165) is 0 Å². The van der Waals surface area contributed by atoms with Gasteiger partial charge in [-0.15, -0.1) is 0 Å². The molecule has 0 aliphatic carbocycles. The van der Waals surface area contributed by atoms with Crippen LogP contribution >= 0.6 is 0 Å². The van der Waals surface area contributed by atoms with E-state index in [1.54, 1.807) is 36.4 Å². The van der Waals surface area contributed by atoms with Crippen LogP contribution in [0.4, 0.5) is 11.4 Å². The van der Waals surface area contributed by atoms with Gasteiger partial charge in [0.15, 0.2) is 6.61 Å². The number of esters is 2. The largest absolute Gasteiger partial charge is 0.495 e. The number of para-hydroxylation sites is 2. The molecular weight excluding hydrogens is 428 g/mol. The van der Waals surface area contributed by atoms with Crippen LogP contribution in [0.1, 0.15) is 37.0 Å². The third-order valence-electron chi connectivity index (χ3n) is 4.25. The Bertz CT molecular complexity index is 971. The van der Waals surface area contributed by atoms with E-state index in [2.05, 4.69) is 10.6 Å². The monoisotopic (exact) mass is 456 g/mol. The van der Waals surface area contributed by atoms with Gasteiger partial charge < -0.3 is 24.8 Å². The Balaban J connectivity index is 1.70. The number of rotatable bonds is 11. The van der Waals surface area contributed by atoms with Crippen LogP contribution in [-0.2, 0) is 23.9 Å². The first-order valence-corrected chi connectivity index (χ1v) is 10.4. The minimum atomic E-state index is -0.677. The Kier molecular flexibility index (Phi) is 9.88. The summed E-state index contributed by atoms with van der Waals surface area (Å²) in [6.45, 7) is 3.71. The second-order valence-corrected chi connectivity index (χ2v) is 7.53. The molecule has 0 bridgehead atoms. The molecule has 0 unspecified atom stereocenters. The third kappa shape index (κ3) is 9.02. The summed E-state index contributed by atoms with van der Waals surface area (Å²) < 4.78 is 15.2. The molecule has 0 saturated heterocycles. The van der Waals surface area contributed by atoms with Crippen molar-refractivity contribution in [2.45, 2.75) is 26.7 Å². The smallest absolute Gasteiger partial charge is 0.338 e. The highest BCUT2D eigenvalue weighted by atomic mass is 16.5. The van der Waals surface area contributed by atoms with Crippen molar-refractivity contribution >= 4 is 35.1 Å². The van der Waals surface area contributed by atoms with Gasteiger partial charge in [0, 0.05) is 12.1 Å². The normalized spacial score (nSPS) is 10.3. The number of hydrogen-bond donors (Lipinski definition) is 2. The molecular formula is C24H28N2O7. The number of carbonyl (C=O) groups is 4. The van der Waals surface area contributed by atoms with E-state index in [9.17, 15) is 19.2 Å². The van der Waals surface area contributed by atoms with Crippen LogP contribution in [0.5, 0.6) is 5.75 Å². The van der Waals surface area contributed by atoms with Crippen molar-refractivity contribution in [3.8, 4) is 5.75 Å². The fourth-order valence-corrected chi connectivity index (χ4v) is 2.61. The van der Waals surface area contributed by atoms with Gasteiger partial charge in [0.2, 0.25) is 5.91 Å². The lowest BCUT2D eigenvalue weighted by Crippen LogP contribution is -2.22. The molecule has 0 heterocycles. The van der Waals surface area contributed by atoms with Crippen LogP contribution in [0.2, 0.25) is 0 Å². The molecule has 2 rings (SSSR count). The highest BCUT2D eigenvalue weighted by molar-refractivity contribution is 5.95. The summed E-state index contributed by atoms with van der Waals surface area (Å²) in [4.78, 5) is 47.8. The molecule has 0 aliphatic rings. The van der Waals surface area contributed by atoms with E-state index in [4.69, 9.17) is 14.2 Å². The SMILES string of the molecule is COc1ccccc1NC(=O)CCC(=O)OCC(=O)Nc1ccc(C(=O)OCC(C)C)cc1. The number of methoxy groups -OCH3 is 1. The number of amides is 2. The van der Waals surface area contributed by atoms with Crippen LogP contribution in [0.15, 0.2) is 48.5 Å². The molecule has 176 valence electrons. The number of carbonyl (C=O) groups excluding carboxylic acids is 4. The van der Waals surface area contributed by atoms with Gasteiger partial charge in [0.25, 0.3) is 5.91 Å². The predicted molar refractivity (Wildman–Crippen MR) is 122 cm³/mol. The maximum atomic E-state index is 12.0. The molecule has 2 amide bonds. The zero-order valence-corrected chi connectivity index (χ0v) is 18.9. The zero-order chi connectivity index (χ0) is 24.2. The highest BCUT2D eigenvalue weighted by Gasteiger charge is 2.13. The molecule has 0 fully saturated rings. The van der Waals surface area contributed by atoms with Gasteiger partial charge in [-0.1, -0.05) is 26.0 Å². The maximum absolute atomic E-state index is 12.0. The first-order valence-electron chi connectivity index (χ1n) is 10.4. The molecule has 9 heteroatoms. The van der Waals surface area contributed by atoms with Gasteiger partial charge in [-0.25, -0.2) is 4.79 Å². The Labute approximate surface area is 192 Å². The molecule has 2 N–H and O–H groups in total. The van der Waals surface area contributed by atoms with Crippen LogP contribution in [0, 0.1) is 5.92 Å². The van der Waals surface area contributed by atoms with Gasteiger partial charge in [0.05, 0.1) is 31.4 Å². The number of hydrogen-bond acceptors (Lipinski definition) is 7. The minimum absolute atomic E-state index is 0.104. The van der Waals surface area contributed by atoms with Gasteiger partial charge in [-0.2, -0.15) is 0 Å². The summed E-state index contributed by atoms with van der Waals surface area (Å²) in [5.41, 5.74) is 1.30. The second kappa shape index (κ2) is 12.8. The first kappa shape index (κ1) is 25.4. The van der Waals surface area contributed by atoms with Gasteiger partial charge in [-0.3, -0.25) is 14.4 Å². The summed E-state index contributed by atoms with van der Waals surface area (Å²) in [7, 11) is 1.49. The van der Waals surface area contributed by atoms with E-state index >= 15 is 0 Å². The average molecular weight is 456 g/mol. The molecule has 0 saturated carbocycles. The topological polar surface area (TPSA) is 120 Å². The van der Waals surface area contributed by atoms with Crippen molar-refractivity contribution in [2.24, 2.45) is 5.92 Å². The number of ether oxygens (including phenoxy) is 3. The molecule has 0 atom stereocenters. The molecule has 0 aliphatic heterocycles. The number of nitrogens with one attached hydrogen (secondary N) is 2. The van der Waals surface area contributed by atoms with E-state index in [-0.39, 0.29) is 24.7 Å². The molecule has 0 radical (unpaired) electrons. The highest BCUT2D eigenvalue weighted by Crippen LogP contribution is 2.23. The first-order chi connectivity index (χ1) is 15.8. The van der Waals surface area contributed by atoms with E-state index in [0.29, 0.717) is 29.3 Å². The molecule has 0 spiro atoms. The lowest BCUT2D eigenvalue weighted by molar-refractivity contribution is -0.147. The summed E-state index contributed by atoms with van der Waals surface area (Å²) in [6.07, 6.45) is -0.283. The van der Waals surface area contributed by atoms with E-state index < -0.39 is 24.5 Å². The quantitative estimate of drug-likeness (QED) is 0.497. The Morgan fingerprint density at radius 2 is 1.55 bits per heavy atom. The molecule has 2 aromatic rings. The maximum Gasteiger partial charge on any atom is 0.338 e. The van der Waals surface area contributed by atoms with Crippen LogP contribution < -0.4 is 15.4 Å². The molecule has 0 aromatic heterocycles. The van der Waals surface area contributed by atoms with Crippen LogP contribution in [0.3, 0.4) is 0 Å². The molecule has 33 heavy (non-hydrogen) atoms. The van der Waals surface area contributed by atoms with Crippen molar-refractivity contribution in [1.82, 2.24) is 0 Å². The van der Waals surface area contributed by atoms with Crippen molar-refractivity contribution in [1.29, 1.82) is 0 Å². The summed E-state index contributed by atoms with van der Waals surface area (Å²) in [6, 6.07) is 13.1. The number of benzene rings is 2. The van der Waals surface area contributed by atoms with E-state index in [1.807, 2.05) is 13.8 Å². The zero-order valence-electron chi connectivity index (χ0n) is 18.9. The summed E-state index contributed by atoms with van der Waals surface area (Å²) in [5, 5.41) is 5.22. The summed E-state index contributed by atoms with van der Waals surface area (Å²) in [5.74, 6) is -1.30.